The highest BCUT2D eigenvalue weighted by Gasteiger charge is 2.60. The van der Waals surface area contributed by atoms with Crippen LogP contribution in [0.5, 0.6) is 0 Å². The van der Waals surface area contributed by atoms with Crippen molar-refractivity contribution in [2.75, 3.05) is 13.1 Å². The molecule has 0 radical (unpaired) electrons. The predicted octanol–water partition coefficient (Wildman–Crippen LogP) is 0.859. The fraction of sp³-hybridized carbons (Fsp3) is 0.857. The second-order valence-electron chi connectivity index (χ2n) is 3.44. The molecule has 1 rings (SSSR count). The van der Waals surface area contributed by atoms with E-state index >= 15 is 0 Å². The molecular formula is C7H10F3NO2. The van der Waals surface area contributed by atoms with Gasteiger partial charge < -0.3 is 10.4 Å². The second-order valence-corrected chi connectivity index (χ2v) is 3.44. The average molecular weight is 197 g/mol. The highest BCUT2D eigenvalue weighted by molar-refractivity contribution is 5.72. The molecular weight excluding hydrogens is 187 g/mol. The summed E-state index contributed by atoms with van der Waals surface area (Å²) in [6.45, 7) is 0.491. The molecule has 1 saturated heterocycles. The molecule has 0 aliphatic carbocycles. The van der Waals surface area contributed by atoms with Gasteiger partial charge in [0.05, 0.1) is 11.3 Å². The van der Waals surface area contributed by atoms with Crippen LogP contribution >= 0.6 is 0 Å². The van der Waals surface area contributed by atoms with E-state index < -0.39 is 23.5 Å². The van der Waals surface area contributed by atoms with E-state index in [1.807, 2.05) is 0 Å². The van der Waals surface area contributed by atoms with Crippen molar-refractivity contribution in [2.24, 2.45) is 11.3 Å². The number of halogens is 3. The predicted molar refractivity (Wildman–Crippen MR) is 38.2 cm³/mol. The molecule has 0 aromatic carbocycles. The van der Waals surface area contributed by atoms with Crippen molar-refractivity contribution >= 4 is 5.97 Å². The van der Waals surface area contributed by atoms with E-state index in [9.17, 15) is 18.0 Å². The van der Waals surface area contributed by atoms with Crippen LogP contribution in [-0.4, -0.2) is 30.3 Å². The van der Waals surface area contributed by atoms with Gasteiger partial charge in [0, 0.05) is 13.1 Å². The smallest absolute Gasteiger partial charge is 0.396 e. The first-order chi connectivity index (χ1) is 5.79. The number of hydrogen-bond acceptors (Lipinski definition) is 2. The fourth-order valence-electron chi connectivity index (χ4n) is 1.48. The van der Waals surface area contributed by atoms with Crippen molar-refractivity contribution in [3.05, 3.63) is 0 Å². The highest BCUT2D eigenvalue weighted by Crippen LogP contribution is 2.45. The first kappa shape index (κ1) is 10.3. The lowest BCUT2D eigenvalue weighted by molar-refractivity contribution is -0.227. The zero-order valence-corrected chi connectivity index (χ0v) is 6.98. The Hall–Kier alpha value is -0.780. The Morgan fingerprint density at radius 2 is 2.15 bits per heavy atom. The third-order valence-corrected chi connectivity index (χ3v) is 2.56. The van der Waals surface area contributed by atoms with Crippen molar-refractivity contribution in [3.8, 4) is 0 Å². The molecule has 13 heavy (non-hydrogen) atoms. The molecule has 2 atom stereocenters. The molecule has 0 saturated carbocycles. The van der Waals surface area contributed by atoms with E-state index in [1.54, 1.807) is 0 Å². The van der Waals surface area contributed by atoms with Crippen molar-refractivity contribution in [1.82, 2.24) is 5.32 Å². The molecule has 76 valence electrons. The van der Waals surface area contributed by atoms with E-state index in [4.69, 9.17) is 5.11 Å². The number of hydrogen-bond donors (Lipinski definition) is 2. The second kappa shape index (κ2) is 2.87. The monoisotopic (exact) mass is 197 g/mol. The summed E-state index contributed by atoms with van der Waals surface area (Å²) >= 11 is 0. The van der Waals surface area contributed by atoms with E-state index in [-0.39, 0.29) is 13.1 Å². The summed E-state index contributed by atoms with van der Waals surface area (Å²) in [5.41, 5.74) is -2.14. The summed E-state index contributed by atoms with van der Waals surface area (Å²) in [4.78, 5) is 10.5. The van der Waals surface area contributed by atoms with Crippen LogP contribution in [0.25, 0.3) is 0 Å². The largest absolute Gasteiger partial charge is 0.481 e. The minimum absolute atomic E-state index is 0.120. The molecule has 0 spiro atoms. The van der Waals surface area contributed by atoms with Gasteiger partial charge in [-0.15, -0.1) is 0 Å². The maximum atomic E-state index is 12.5. The molecule has 0 aromatic heterocycles. The summed E-state index contributed by atoms with van der Waals surface area (Å²) in [6.07, 6.45) is -4.47. The Balaban J connectivity index is 2.95. The molecule has 0 unspecified atom stereocenters. The van der Waals surface area contributed by atoms with Gasteiger partial charge in [-0.05, 0) is 6.92 Å². The molecule has 1 aliphatic heterocycles. The van der Waals surface area contributed by atoms with Gasteiger partial charge in [-0.3, -0.25) is 4.79 Å². The van der Waals surface area contributed by atoms with E-state index in [0.29, 0.717) is 0 Å². The quantitative estimate of drug-likeness (QED) is 0.655. The van der Waals surface area contributed by atoms with Gasteiger partial charge in [-0.2, -0.15) is 13.2 Å². The lowest BCUT2D eigenvalue weighted by atomic mass is 9.79. The first-order valence-electron chi connectivity index (χ1n) is 3.79. The third-order valence-electron chi connectivity index (χ3n) is 2.56. The Labute approximate surface area is 72.9 Å². The van der Waals surface area contributed by atoms with E-state index in [1.165, 1.54) is 0 Å². The lowest BCUT2D eigenvalue weighted by Gasteiger charge is -2.30. The molecule has 0 aromatic rings. The highest BCUT2D eigenvalue weighted by atomic mass is 19.4. The minimum atomic E-state index is -4.47. The van der Waals surface area contributed by atoms with Crippen LogP contribution in [0.4, 0.5) is 13.2 Å². The number of aliphatic carboxylic acids is 1. The van der Waals surface area contributed by atoms with Crippen LogP contribution in [0.1, 0.15) is 6.92 Å². The number of carbonyl (C=O) groups is 1. The van der Waals surface area contributed by atoms with Crippen molar-refractivity contribution in [3.63, 3.8) is 0 Å². The average Bonchev–Trinajstić information content (AvgIpc) is 2.30. The molecule has 6 heteroatoms. The van der Waals surface area contributed by atoms with Gasteiger partial charge in [0.25, 0.3) is 0 Å². The van der Waals surface area contributed by atoms with Crippen molar-refractivity contribution < 1.29 is 23.1 Å². The molecule has 0 bridgehead atoms. The number of carboxylic acid groups (broad SMARTS) is 1. The number of alkyl halides is 3. The number of nitrogens with one attached hydrogen (secondary N) is 1. The van der Waals surface area contributed by atoms with Crippen LogP contribution in [0.15, 0.2) is 0 Å². The first-order valence-corrected chi connectivity index (χ1v) is 3.79. The van der Waals surface area contributed by atoms with Crippen LogP contribution in [0.2, 0.25) is 0 Å². The third kappa shape index (κ3) is 1.50. The zero-order chi connectivity index (χ0) is 10.3. The van der Waals surface area contributed by atoms with Gasteiger partial charge in [-0.25, -0.2) is 0 Å². The maximum absolute atomic E-state index is 12.5. The summed E-state index contributed by atoms with van der Waals surface area (Å²) in [7, 11) is 0. The fourth-order valence-corrected chi connectivity index (χ4v) is 1.48. The molecule has 1 heterocycles. The van der Waals surface area contributed by atoms with Gasteiger partial charge >= 0.3 is 12.1 Å². The summed E-state index contributed by atoms with van der Waals surface area (Å²) in [5, 5.41) is 11.0. The topological polar surface area (TPSA) is 49.3 Å². The standard InChI is InChI=1S/C7H10F3NO2/c1-6(7(8,9)10)3-11-2-4(6)5(12)13/h4,11H,2-3H2,1H3,(H,12,13)/t4-,6+/m1/s1. The lowest BCUT2D eigenvalue weighted by Crippen LogP contribution is -2.44. The normalized spacial score (nSPS) is 34.9. The molecule has 2 N–H and O–H groups in total. The Kier molecular flexibility index (Phi) is 2.27. The zero-order valence-electron chi connectivity index (χ0n) is 6.98. The van der Waals surface area contributed by atoms with Gasteiger partial charge in [0.2, 0.25) is 0 Å². The Morgan fingerprint density at radius 3 is 2.46 bits per heavy atom. The molecule has 1 fully saturated rings. The summed E-state index contributed by atoms with van der Waals surface area (Å²) < 4.78 is 37.4. The van der Waals surface area contributed by atoms with E-state index in [0.717, 1.165) is 6.92 Å². The van der Waals surface area contributed by atoms with Crippen molar-refractivity contribution in [2.45, 2.75) is 13.1 Å². The van der Waals surface area contributed by atoms with Gasteiger partial charge in [0.1, 0.15) is 0 Å². The molecule has 3 nitrogen and oxygen atoms in total. The van der Waals surface area contributed by atoms with Gasteiger partial charge in [-0.1, -0.05) is 0 Å². The van der Waals surface area contributed by atoms with Crippen LogP contribution < -0.4 is 5.32 Å². The number of rotatable bonds is 1. The minimum Gasteiger partial charge on any atom is -0.481 e. The maximum Gasteiger partial charge on any atom is 0.396 e. The summed E-state index contributed by atoms with van der Waals surface area (Å²) in [6, 6.07) is 0. The van der Waals surface area contributed by atoms with Crippen molar-refractivity contribution in [1.29, 1.82) is 0 Å². The van der Waals surface area contributed by atoms with Gasteiger partial charge in [0.15, 0.2) is 0 Å². The van der Waals surface area contributed by atoms with Crippen LogP contribution in [-0.2, 0) is 4.79 Å². The number of carboxylic acids is 1. The summed E-state index contributed by atoms with van der Waals surface area (Å²) in [5.74, 6) is -2.78. The van der Waals surface area contributed by atoms with E-state index in [2.05, 4.69) is 5.32 Å². The molecule has 1 aliphatic rings. The van der Waals surface area contributed by atoms with Crippen LogP contribution in [0.3, 0.4) is 0 Å². The Bertz CT molecular complexity index is 228. The Morgan fingerprint density at radius 1 is 1.62 bits per heavy atom. The molecule has 0 amide bonds. The van der Waals surface area contributed by atoms with Crippen LogP contribution in [0, 0.1) is 11.3 Å². The SMILES string of the molecule is C[C@]1(C(F)(F)F)CNC[C@@H]1C(=O)O.